The minimum absolute atomic E-state index is 0.00211. The summed E-state index contributed by atoms with van der Waals surface area (Å²) >= 11 is 1.92. The van der Waals surface area contributed by atoms with Crippen LogP contribution in [0.1, 0.15) is 36.5 Å². The van der Waals surface area contributed by atoms with E-state index in [4.69, 9.17) is 0 Å². The van der Waals surface area contributed by atoms with Crippen LogP contribution >= 0.6 is 11.8 Å². The molecule has 0 bridgehead atoms. The van der Waals surface area contributed by atoms with Crippen molar-refractivity contribution >= 4 is 29.1 Å². The molecule has 0 aromatic heterocycles. The quantitative estimate of drug-likeness (QED) is 0.819. The van der Waals surface area contributed by atoms with Gasteiger partial charge in [-0.15, -0.1) is 0 Å². The van der Waals surface area contributed by atoms with E-state index in [1.165, 1.54) is 13.3 Å². The first-order valence-corrected chi connectivity index (χ1v) is 8.92. The van der Waals surface area contributed by atoms with Gasteiger partial charge in [-0.2, -0.15) is 11.8 Å². The van der Waals surface area contributed by atoms with Crippen molar-refractivity contribution < 1.29 is 9.59 Å². The van der Waals surface area contributed by atoms with Gasteiger partial charge in [-0.1, -0.05) is 12.1 Å². The summed E-state index contributed by atoms with van der Waals surface area (Å²) in [6.45, 7) is 1.91. The van der Waals surface area contributed by atoms with E-state index in [9.17, 15) is 9.59 Å². The maximum absolute atomic E-state index is 12.2. The number of anilines is 1. The van der Waals surface area contributed by atoms with E-state index < -0.39 is 0 Å². The Morgan fingerprint density at radius 2 is 2.14 bits per heavy atom. The fourth-order valence-electron chi connectivity index (χ4n) is 2.90. The number of ketones is 1. The zero-order valence-electron chi connectivity index (χ0n) is 13.5. The SMILES string of the molecule is CS[C@@H]1CC[C@H](N(C)CC(=O)Nc2cccc(C(C)=O)c2)C1. The van der Waals surface area contributed by atoms with Gasteiger partial charge in [0.05, 0.1) is 6.54 Å². The molecule has 1 saturated carbocycles. The summed E-state index contributed by atoms with van der Waals surface area (Å²) < 4.78 is 0. The van der Waals surface area contributed by atoms with Crippen LogP contribution in [-0.4, -0.2) is 47.7 Å². The van der Waals surface area contributed by atoms with Crippen molar-refractivity contribution in [2.75, 3.05) is 25.2 Å². The molecule has 0 radical (unpaired) electrons. The molecule has 0 saturated heterocycles. The molecule has 1 aliphatic carbocycles. The molecule has 2 atom stereocenters. The second-order valence-electron chi connectivity index (χ2n) is 5.92. The van der Waals surface area contributed by atoms with Crippen LogP contribution < -0.4 is 5.32 Å². The van der Waals surface area contributed by atoms with Gasteiger partial charge in [0.15, 0.2) is 5.78 Å². The van der Waals surface area contributed by atoms with Crippen molar-refractivity contribution in [1.82, 2.24) is 4.90 Å². The van der Waals surface area contributed by atoms with Crippen molar-refractivity contribution in [3.05, 3.63) is 29.8 Å². The van der Waals surface area contributed by atoms with Gasteiger partial charge in [0, 0.05) is 22.5 Å². The highest BCUT2D eigenvalue weighted by molar-refractivity contribution is 7.99. The number of rotatable bonds is 6. The topological polar surface area (TPSA) is 49.4 Å². The number of carbonyl (C=O) groups is 2. The fraction of sp³-hybridized carbons (Fsp3) is 0.529. The highest BCUT2D eigenvalue weighted by atomic mass is 32.2. The summed E-state index contributed by atoms with van der Waals surface area (Å²) in [6, 6.07) is 7.57. The molecule has 2 rings (SSSR count). The molecule has 5 heteroatoms. The second kappa shape index (κ2) is 7.79. The number of benzene rings is 1. The molecule has 0 aliphatic heterocycles. The number of amides is 1. The molecular formula is C17H24N2O2S. The molecule has 0 spiro atoms. The highest BCUT2D eigenvalue weighted by Crippen LogP contribution is 2.30. The summed E-state index contributed by atoms with van der Waals surface area (Å²) in [6.07, 6.45) is 5.71. The Morgan fingerprint density at radius 1 is 1.36 bits per heavy atom. The van der Waals surface area contributed by atoms with Crippen molar-refractivity contribution in [3.8, 4) is 0 Å². The lowest BCUT2D eigenvalue weighted by molar-refractivity contribution is -0.117. The van der Waals surface area contributed by atoms with Gasteiger partial charge in [-0.3, -0.25) is 14.5 Å². The zero-order chi connectivity index (χ0) is 16.1. The summed E-state index contributed by atoms with van der Waals surface area (Å²) in [7, 11) is 2.01. The smallest absolute Gasteiger partial charge is 0.238 e. The normalized spacial score (nSPS) is 21.1. The number of thioether (sulfide) groups is 1. The maximum Gasteiger partial charge on any atom is 0.238 e. The Bertz CT molecular complexity index is 547. The number of hydrogen-bond acceptors (Lipinski definition) is 4. The van der Waals surface area contributed by atoms with Gasteiger partial charge >= 0.3 is 0 Å². The van der Waals surface area contributed by atoms with Gasteiger partial charge in [0.25, 0.3) is 0 Å². The van der Waals surface area contributed by atoms with Crippen LogP contribution in [0.15, 0.2) is 24.3 Å². The number of likely N-dealkylation sites (N-methyl/N-ethyl adjacent to an activating group) is 1. The molecule has 1 aromatic rings. The molecule has 1 aliphatic rings. The summed E-state index contributed by atoms with van der Waals surface area (Å²) in [5, 5.41) is 3.60. The number of nitrogens with one attached hydrogen (secondary N) is 1. The molecule has 1 amide bonds. The zero-order valence-corrected chi connectivity index (χ0v) is 14.3. The van der Waals surface area contributed by atoms with Crippen LogP contribution in [0.25, 0.3) is 0 Å². The second-order valence-corrected chi connectivity index (χ2v) is 7.06. The van der Waals surface area contributed by atoms with E-state index in [0.717, 1.165) is 18.1 Å². The Kier molecular flexibility index (Phi) is 6.03. The lowest BCUT2D eigenvalue weighted by atomic mass is 10.1. The van der Waals surface area contributed by atoms with Crippen LogP contribution in [-0.2, 0) is 4.79 Å². The number of nitrogens with zero attached hydrogens (tertiary/aromatic N) is 1. The third-order valence-electron chi connectivity index (χ3n) is 4.26. The summed E-state index contributed by atoms with van der Waals surface area (Å²) in [5.74, 6) is -0.0296. The number of hydrogen-bond donors (Lipinski definition) is 1. The average molecular weight is 320 g/mol. The first-order chi connectivity index (χ1) is 10.5. The van der Waals surface area contributed by atoms with Gasteiger partial charge in [-0.05, 0) is 51.6 Å². The predicted octanol–water partition coefficient (Wildman–Crippen LogP) is 3.04. The molecule has 1 fully saturated rings. The summed E-state index contributed by atoms with van der Waals surface area (Å²) in [4.78, 5) is 25.7. The monoisotopic (exact) mass is 320 g/mol. The van der Waals surface area contributed by atoms with Crippen LogP contribution in [0, 0.1) is 0 Å². The lowest BCUT2D eigenvalue weighted by Gasteiger charge is -2.23. The van der Waals surface area contributed by atoms with E-state index in [2.05, 4.69) is 16.5 Å². The van der Waals surface area contributed by atoms with E-state index in [1.54, 1.807) is 18.2 Å². The summed E-state index contributed by atoms with van der Waals surface area (Å²) in [5.41, 5.74) is 1.30. The Balaban J connectivity index is 1.87. The molecule has 0 heterocycles. The van der Waals surface area contributed by atoms with Crippen LogP contribution in [0.5, 0.6) is 0 Å². The van der Waals surface area contributed by atoms with Crippen molar-refractivity contribution in [2.45, 2.75) is 37.5 Å². The van der Waals surface area contributed by atoms with Crippen LogP contribution in [0.2, 0.25) is 0 Å². The Morgan fingerprint density at radius 3 is 2.77 bits per heavy atom. The van der Waals surface area contributed by atoms with E-state index in [0.29, 0.717) is 23.8 Å². The molecule has 1 aromatic carbocycles. The van der Waals surface area contributed by atoms with Gasteiger partial charge in [0.1, 0.15) is 0 Å². The Labute approximate surface area is 136 Å². The van der Waals surface area contributed by atoms with Crippen molar-refractivity contribution in [1.29, 1.82) is 0 Å². The Hall–Kier alpha value is -1.33. The third kappa shape index (κ3) is 4.58. The molecule has 22 heavy (non-hydrogen) atoms. The fourth-order valence-corrected chi connectivity index (χ4v) is 3.69. The molecule has 4 nitrogen and oxygen atoms in total. The van der Waals surface area contributed by atoms with Gasteiger partial charge < -0.3 is 5.32 Å². The number of carbonyl (C=O) groups excluding carboxylic acids is 2. The van der Waals surface area contributed by atoms with E-state index >= 15 is 0 Å². The highest BCUT2D eigenvalue weighted by Gasteiger charge is 2.27. The first kappa shape index (κ1) is 17.0. The van der Waals surface area contributed by atoms with Crippen LogP contribution in [0.4, 0.5) is 5.69 Å². The molecule has 1 N–H and O–H groups in total. The van der Waals surface area contributed by atoms with Gasteiger partial charge in [0.2, 0.25) is 5.91 Å². The lowest BCUT2D eigenvalue weighted by Crippen LogP contribution is -2.36. The molecular weight excluding hydrogens is 296 g/mol. The van der Waals surface area contributed by atoms with Gasteiger partial charge in [-0.25, -0.2) is 0 Å². The van der Waals surface area contributed by atoms with Crippen molar-refractivity contribution in [2.24, 2.45) is 0 Å². The average Bonchev–Trinajstić information content (AvgIpc) is 2.96. The minimum atomic E-state index is -0.0317. The number of Topliss-reactive ketones (excluding diaryl/α,β-unsaturated/α-hetero) is 1. The maximum atomic E-state index is 12.2. The van der Waals surface area contributed by atoms with Crippen LogP contribution in [0.3, 0.4) is 0 Å². The predicted molar refractivity (Wildman–Crippen MR) is 92.6 cm³/mol. The molecule has 120 valence electrons. The van der Waals surface area contributed by atoms with E-state index in [-0.39, 0.29) is 11.7 Å². The largest absolute Gasteiger partial charge is 0.325 e. The third-order valence-corrected chi connectivity index (χ3v) is 5.35. The van der Waals surface area contributed by atoms with Crippen molar-refractivity contribution in [3.63, 3.8) is 0 Å². The first-order valence-electron chi connectivity index (χ1n) is 7.63. The minimum Gasteiger partial charge on any atom is -0.325 e. The standard InChI is InChI=1S/C17H24N2O2S/c1-12(20)13-5-4-6-14(9-13)18-17(21)11-19(2)15-7-8-16(10-15)22-3/h4-6,9,15-16H,7-8,10-11H2,1-3H3,(H,18,21)/t15-,16+/m0/s1. The van der Waals surface area contributed by atoms with E-state index in [1.807, 2.05) is 24.9 Å². The molecule has 0 unspecified atom stereocenters.